The van der Waals surface area contributed by atoms with Gasteiger partial charge in [0.2, 0.25) is 0 Å². The van der Waals surface area contributed by atoms with Gasteiger partial charge in [0.15, 0.2) is 5.78 Å². The van der Waals surface area contributed by atoms with E-state index >= 15 is 0 Å². The number of aliphatic imine (C=N–C) groups is 1. The average molecular weight is 412 g/mol. The van der Waals surface area contributed by atoms with Crippen LogP contribution in [0.4, 0.5) is 5.69 Å². The van der Waals surface area contributed by atoms with Crippen LogP contribution in [0.2, 0.25) is 0 Å². The number of hydrogen-bond acceptors (Lipinski definition) is 6. The summed E-state index contributed by atoms with van der Waals surface area (Å²) < 4.78 is 5.48. The number of nitrogens with zero attached hydrogens (tertiary/aromatic N) is 2. The number of allylic oxidation sites excluding steroid dienone is 2. The number of benzene rings is 1. The molecule has 0 radical (unpaired) electrons. The van der Waals surface area contributed by atoms with Gasteiger partial charge in [0.05, 0.1) is 11.5 Å². The molecule has 0 saturated heterocycles. The summed E-state index contributed by atoms with van der Waals surface area (Å²) in [7, 11) is 0. The third kappa shape index (κ3) is 4.20. The van der Waals surface area contributed by atoms with Crippen molar-refractivity contribution in [2.45, 2.75) is 59.3 Å². The van der Waals surface area contributed by atoms with E-state index in [0.29, 0.717) is 35.4 Å². The lowest BCUT2D eigenvalue weighted by molar-refractivity contribution is -0.385. The summed E-state index contributed by atoms with van der Waals surface area (Å²) in [6.45, 7) is 8.02. The van der Waals surface area contributed by atoms with E-state index < -0.39 is 22.7 Å². The maximum absolute atomic E-state index is 13.2. The second kappa shape index (κ2) is 8.50. The van der Waals surface area contributed by atoms with E-state index in [0.717, 1.165) is 12.8 Å². The number of ketones is 1. The fourth-order valence-electron chi connectivity index (χ4n) is 4.41. The highest BCUT2D eigenvalue weighted by Crippen LogP contribution is 2.49. The molecule has 3 rings (SSSR count). The Balaban J connectivity index is 2.16. The van der Waals surface area contributed by atoms with Crippen molar-refractivity contribution in [2.75, 3.05) is 6.61 Å². The van der Waals surface area contributed by atoms with Gasteiger partial charge in [0.1, 0.15) is 5.92 Å². The third-order valence-electron chi connectivity index (χ3n) is 5.77. The number of carbonyl (C=O) groups is 2. The maximum Gasteiger partial charge on any atom is 0.315 e. The minimum Gasteiger partial charge on any atom is -0.465 e. The lowest BCUT2D eigenvalue weighted by atomic mass is 9.66. The third-order valence-corrected chi connectivity index (χ3v) is 5.77. The van der Waals surface area contributed by atoms with E-state index in [1.54, 1.807) is 25.1 Å². The normalized spacial score (nSPS) is 22.9. The molecule has 1 aromatic carbocycles. The molecule has 0 aromatic heterocycles. The number of ether oxygens (including phenoxy) is 1. The van der Waals surface area contributed by atoms with Crippen molar-refractivity contribution in [2.24, 2.45) is 16.3 Å². The van der Waals surface area contributed by atoms with E-state index in [-0.39, 0.29) is 23.5 Å². The van der Waals surface area contributed by atoms with E-state index in [1.807, 2.05) is 20.8 Å². The smallest absolute Gasteiger partial charge is 0.315 e. The zero-order valence-corrected chi connectivity index (χ0v) is 17.9. The summed E-state index contributed by atoms with van der Waals surface area (Å²) in [6.07, 6.45) is 2.50. The molecule has 30 heavy (non-hydrogen) atoms. The summed E-state index contributed by atoms with van der Waals surface area (Å²) in [5, 5.41) is 11.7. The lowest BCUT2D eigenvalue weighted by Gasteiger charge is -2.38. The van der Waals surface area contributed by atoms with Gasteiger partial charge in [0, 0.05) is 41.0 Å². The number of hydrogen-bond donors (Lipinski definition) is 0. The highest BCUT2D eigenvalue weighted by molar-refractivity contribution is 6.09. The Morgan fingerprint density at radius 1 is 1.30 bits per heavy atom. The van der Waals surface area contributed by atoms with Gasteiger partial charge in [-0.25, -0.2) is 0 Å². The monoisotopic (exact) mass is 412 g/mol. The quantitative estimate of drug-likeness (QED) is 0.290. The number of carbonyl (C=O) groups excluding carboxylic acids is 2. The molecule has 0 saturated carbocycles. The van der Waals surface area contributed by atoms with Crippen LogP contribution in [0.25, 0.3) is 0 Å². The van der Waals surface area contributed by atoms with Gasteiger partial charge in [-0.1, -0.05) is 45.4 Å². The van der Waals surface area contributed by atoms with Crippen molar-refractivity contribution in [1.82, 2.24) is 0 Å². The maximum atomic E-state index is 13.2. The Morgan fingerprint density at radius 3 is 2.67 bits per heavy atom. The molecule has 2 atom stereocenters. The molecule has 2 aliphatic rings. The number of unbranched alkanes of at least 4 members (excludes halogenated alkanes) is 1. The van der Waals surface area contributed by atoms with E-state index in [2.05, 4.69) is 4.99 Å². The standard InChI is InChI=1S/C23H28N2O5/c1-5-6-11-30-22(27)19-14(2)24-16-12-23(3,4)13-18(26)21(16)20(19)15-9-7-8-10-17(15)25(28)29/h7-10,19-20H,5-6,11-13H2,1-4H3/t19?,20-/m1/s1. The van der Waals surface area contributed by atoms with Gasteiger partial charge >= 0.3 is 5.97 Å². The number of Topliss-reactive ketones (excluding diaryl/α,β-unsaturated/α-hetero) is 1. The SMILES string of the molecule is CCCCOC(=O)C1C(C)=NC2=C(C(=O)CC(C)(C)C2)[C@@H]1c1ccccc1[N+](=O)[O-]. The average Bonchev–Trinajstić information content (AvgIpc) is 2.65. The molecular weight excluding hydrogens is 384 g/mol. The number of nitro benzene ring substituents is 1. The van der Waals surface area contributed by atoms with Crippen LogP contribution in [0.5, 0.6) is 0 Å². The first kappa shape index (κ1) is 21.9. The number of para-hydroxylation sites is 1. The van der Waals surface area contributed by atoms with Crippen LogP contribution in [0.1, 0.15) is 64.9 Å². The summed E-state index contributed by atoms with van der Waals surface area (Å²) in [5.41, 5.74) is 1.59. The predicted octanol–water partition coefficient (Wildman–Crippen LogP) is 4.76. The molecule has 0 N–H and O–H groups in total. The Hall–Kier alpha value is -2.83. The first-order valence-corrected chi connectivity index (χ1v) is 10.4. The molecular formula is C23H28N2O5. The fraction of sp³-hybridized carbons (Fsp3) is 0.522. The van der Waals surface area contributed by atoms with Crippen molar-refractivity contribution in [3.05, 3.63) is 51.2 Å². The minimum absolute atomic E-state index is 0.104. The molecule has 1 heterocycles. The van der Waals surface area contributed by atoms with Gasteiger partial charge in [0.25, 0.3) is 5.69 Å². The zero-order valence-electron chi connectivity index (χ0n) is 17.9. The van der Waals surface area contributed by atoms with Crippen LogP contribution >= 0.6 is 0 Å². The largest absolute Gasteiger partial charge is 0.465 e. The van der Waals surface area contributed by atoms with Gasteiger partial charge in [-0.15, -0.1) is 0 Å². The van der Waals surface area contributed by atoms with Crippen molar-refractivity contribution in [3.8, 4) is 0 Å². The number of nitro groups is 1. The summed E-state index contributed by atoms with van der Waals surface area (Å²) in [5.74, 6) is -2.22. The first-order valence-electron chi connectivity index (χ1n) is 10.4. The summed E-state index contributed by atoms with van der Waals surface area (Å²) >= 11 is 0. The molecule has 1 aromatic rings. The van der Waals surface area contributed by atoms with Gasteiger partial charge in [-0.2, -0.15) is 0 Å². The Bertz CT molecular complexity index is 945. The van der Waals surface area contributed by atoms with E-state index in [9.17, 15) is 19.7 Å². The number of esters is 1. The molecule has 0 amide bonds. The fourth-order valence-corrected chi connectivity index (χ4v) is 4.41. The molecule has 0 spiro atoms. The lowest BCUT2D eigenvalue weighted by Crippen LogP contribution is -2.39. The van der Waals surface area contributed by atoms with Gasteiger partial charge in [-0.05, 0) is 25.2 Å². The second-order valence-electron chi connectivity index (χ2n) is 8.85. The topological polar surface area (TPSA) is 98.9 Å². The molecule has 1 unspecified atom stereocenters. The zero-order chi connectivity index (χ0) is 22.1. The highest BCUT2D eigenvalue weighted by Gasteiger charge is 2.47. The molecule has 7 nitrogen and oxygen atoms in total. The van der Waals surface area contributed by atoms with Gasteiger partial charge in [-0.3, -0.25) is 24.7 Å². The van der Waals surface area contributed by atoms with Crippen LogP contribution in [0.15, 0.2) is 40.5 Å². The van der Waals surface area contributed by atoms with Crippen LogP contribution in [0, 0.1) is 21.4 Å². The molecule has 7 heteroatoms. The van der Waals surface area contributed by atoms with Crippen LogP contribution < -0.4 is 0 Å². The van der Waals surface area contributed by atoms with Crippen molar-refractivity contribution < 1.29 is 19.2 Å². The van der Waals surface area contributed by atoms with Crippen molar-refractivity contribution in [3.63, 3.8) is 0 Å². The molecule has 0 bridgehead atoms. The summed E-state index contributed by atoms with van der Waals surface area (Å²) in [6, 6.07) is 6.32. The predicted molar refractivity (Wildman–Crippen MR) is 113 cm³/mol. The first-order chi connectivity index (χ1) is 14.2. The van der Waals surface area contributed by atoms with Crippen LogP contribution in [-0.2, 0) is 14.3 Å². The minimum atomic E-state index is -0.855. The Morgan fingerprint density at radius 2 is 2.00 bits per heavy atom. The molecule has 1 aliphatic heterocycles. The second-order valence-corrected chi connectivity index (χ2v) is 8.85. The molecule has 0 fully saturated rings. The van der Waals surface area contributed by atoms with Gasteiger partial charge < -0.3 is 4.74 Å². The van der Waals surface area contributed by atoms with Crippen molar-refractivity contribution >= 4 is 23.2 Å². The Kier molecular flexibility index (Phi) is 6.19. The summed E-state index contributed by atoms with van der Waals surface area (Å²) in [4.78, 5) is 42.2. The van der Waals surface area contributed by atoms with E-state index in [1.165, 1.54) is 6.07 Å². The number of rotatable bonds is 6. The highest BCUT2D eigenvalue weighted by atomic mass is 16.6. The van der Waals surface area contributed by atoms with Crippen LogP contribution in [-0.4, -0.2) is 29.0 Å². The van der Waals surface area contributed by atoms with E-state index in [4.69, 9.17) is 4.74 Å². The van der Waals surface area contributed by atoms with Crippen molar-refractivity contribution in [1.29, 1.82) is 0 Å². The van der Waals surface area contributed by atoms with Crippen LogP contribution in [0.3, 0.4) is 0 Å². The molecule has 1 aliphatic carbocycles. The Labute approximate surface area is 176 Å². The molecule has 160 valence electrons.